The van der Waals surface area contributed by atoms with Gasteiger partial charge in [-0.25, -0.2) is 9.97 Å². The summed E-state index contributed by atoms with van der Waals surface area (Å²) in [5.74, 6) is 1.34. The van der Waals surface area contributed by atoms with E-state index in [1.807, 2.05) is 25.1 Å². The van der Waals surface area contributed by atoms with Gasteiger partial charge in [0.15, 0.2) is 0 Å². The molecule has 0 radical (unpaired) electrons. The highest BCUT2D eigenvalue weighted by Crippen LogP contribution is 2.30. The van der Waals surface area contributed by atoms with E-state index < -0.39 is 0 Å². The van der Waals surface area contributed by atoms with E-state index in [-0.39, 0.29) is 12.1 Å². The van der Waals surface area contributed by atoms with Gasteiger partial charge in [-0.05, 0) is 37.5 Å². The van der Waals surface area contributed by atoms with E-state index in [2.05, 4.69) is 20.3 Å². The zero-order valence-corrected chi connectivity index (χ0v) is 12.6. The minimum absolute atomic E-state index is 0.00209. The summed E-state index contributed by atoms with van der Waals surface area (Å²) in [6, 6.07) is 5.98. The first-order chi connectivity index (χ1) is 10.9. The van der Waals surface area contributed by atoms with Crippen molar-refractivity contribution in [3.8, 4) is 5.88 Å². The zero-order chi connectivity index (χ0) is 15.2. The maximum absolute atomic E-state index is 5.96. The molecule has 6 nitrogen and oxygen atoms in total. The topological polar surface area (TPSA) is 69.2 Å². The predicted octanol–water partition coefficient (Wildman–Crippen LogP) is 2.60. The minimum atomic E-state index is 0.00209. The lowest BCUT2D eigenvalue weighted by Crippen LogP contribution is -2.34. The average molecular weight is 300 g/mol. The van der Waals surface area contributed by atoms with Gasteiger partial charge in [-0.2, -0.15) is 0 Å². The summed E-state index contributed by atoms with van der Waals surface area (Å²) in [4.78, 5) is 12.4. The second kappa shape index (κ2) is 7.17. The van der Waals surface area contributed by atoms with Crippen LogP contribution < -0.4 is 10.1 Å². The molecule has 0 bridgehead atoms. The van der Waals surface area contributed by atoms with Crippen LogP contribution >= 0.6 is 0 Å². The molecule has 6 heteroatoms. The molecule has 1 saturated heterocycles. The van der Waals surface area contributed by atoms with E-state index >= 15 is 0 Å². The van der Waals surface area contributed by atoms with Crippen LogP contribution in [0.1, 0.15) is 31.4 Å². The van der Waals surface area contributed by atoms with Gasteiger partial charge in [-0.1, -0.05) is 0 Å². The summed E-state index contributed by atoms with van der Waals surface area (Å²) in [5, 5.41) is 3.45. The predicted molar refractivity (Wildman–Crippen MR) is 82.8 cm³/mol. The van der Waals surface area contributed by atoms with Gasteiger partial charge in [-0.15, -0.1) is 0 Å². The van der Waals surface area contributed by atoms with Gasteiger partial charge in [0.25, 0.3) is 0 Å². The third kappa shape index (κ3) is 3.51. The Hall–Kier alpha value is -2.21. The molecule has 0 amide bonds. The maximum atomic E-state index is 5.96. The van der Waals surface area contributed by atoms with E-state index in [1.165, 1.54) is 6.33 Å². The van der Waals surface area contributed by atoms with Crippen molar-refractivity contribution in [3.63, 3.8) is 0 Å². The van der Waals surface area contributed by atoms with Crippen LogP contribution in [0.2, 0.25) is 0 Å². The third-order valence-corrected chi connectivity index (χ3v) is 3.62. The molecule has 1 fully saturated rings. The summed E-state index contributed by atoms with van der Waals surface area (Å²) in [6.07, 6.45) is 7.16. The van der Waals surface area contributed by atoms with Crippen molar-refractivity contribution in [2.24, 2.45) is 0 Å². The first-order valence-electron chi connectivity index (χ1n) is 7.59. The van der Waals surface area contributed by atoms with Gasteiger partial charge in [0, 0.05) is 25.1 Å². The lowest BCUT2D eigenvalue weighted by molar-refractivity contribution is 0.00550. The first-order valence-corrected chi connectivity index (χ1v) is 7.59. The molecule has 0 spiro atoms. The number of hydrogen-bond acceptors (Lipinski definition) is 6. The Kier molecular flexibility index (Phi) is 4.80. The number of ether oxygens (including phenoxy) is 2. The van der Waals surface area contributed by atoms with Crippen molar-refractivity contribution in [2.75, 3.05) is 18.5 Å². The Labute approximate surface area is 129 Å². The lowest BCUT2D eigenvalue weighted by atomic mass is 9.96. The number of hydrogen-bond donors (Lipinski definition) is 1. The van der Waals surface area contributed by atoms with Crippen molar-refractivity contribution in [1.82, 2.24) is 15.0 Å². The smallest absolute Gasteiger partial charge is 0.218 e. The minimum Gasteiger partial charge on any atom is -0.478 e. The number of anilines is 1. The highest BCUT2D eigenvalue weighted by Gasteiger charge is 2.27. The van der Waals surface area contributed by atoms with Gasteiger partial charge >= 0.3 is 0 Å². The second-order valence-corrected chi connectivity index (χ2v) is 5.14. The molecule has 1 N–H and O–H groups in total. The van der Waals surface area contributed by atoms with E-state index in [0.717, 1.165) is 30.8 Å². The van der Waals surface area contributed by atoms with Crippen LogP contribution in [-0.4, -0.2) is 34.2 Å². The molecule has 3 rings (SSSR count). The van der Waals surface area contributed by atoms with Gasteiger partial charge in [0.2, 0.25) is 5.88 Å². The summed E-state index contributed by atoms with van der Waals surface area (Å²) >= 11 is 0. The standard InChI is InChI=1S/C16H20N4O2/c1-2-21-15-10-14(18-11-19-15)20-13-4-3-9-22-16(13)12-5-7-17-8-6-12/h5-8,10-11,13,16H,2-4,9H2,1H3,(H,18,19,20)/t13-,16+/m0/s1. The van der Waals surface area contributed by atoms with E-state index in [4.69, 9.17) is 9.47 Å². The van der Waals surface area contributed by atoms with Crippen LogP contribution in [0.4, 0.5) is 5.82 Å². The molecule has 116 valence electrons. The van der Waals surface area contributed by atoms with E-state index in [1.54, 1.807) is 12.4 Å². The van der Waals surface area contributed by atoms with Crippen LogP contribution in [0.5, 0.6) is 5.88 Å². The fraction of sp³-hybridized carbons (Fsp3) is 0.438. The van der Waals surface area contributed by atoms with Crippen molar-refractivity contribution in [3.05, 3.63) is 42.5 Å². The molecule has 0 aliphatic carbocycles. The number of pyridine rings is 1. The number of rotatable bonds is 5. The molecule has 1 aliphatic heterocycles. The Bertz CT molecular complexity index is 594. The van der Waals surface area contributed by atoms with Crippen molar-refractivity contribution < 1.29 is 9.47 Å². The fourth-order valence-electron chi connectivity index (χ4n) is 2.65. The quantitative estimate of drug-likeness (QED) is 0.915. The molecular weight excluding hydrogens is 280 g/mol. The third-order valence-electron chi connectivity index (χ3n) is 3.62. The molecular formula is C16H20N4O2. The number of nitrogens with one attached hydrogen (secondary N) is 1. The van der Waals surface area contributed by atoms with Gasteiger partial charge in [0.1, 0.15) is 18.2 Å². The summed E-state index contributed by atoms with van der Waals surface area (Å²) in [7, 11) is 0. The molecule has 1 aliphatic rings. The first kappa shape index (κ1) is 14.7. The summed E-state index contributed by atoms with van der Waals surface area (Å²) in [6.45, 7) is 3.30. The Morgan fingerprint density at radius 1 is 1.32 bits per heavy atom. The molecule has 0 saturated carbocycles. The lowest BCUT2D eigenvalue weighted by Gasteiger charge is -2.33. The normalized spacial score (nSPS) is 21.3. The van der Waals surface area contributed by atoms with E-state index in [0.29, 0.717) is 12.5 Å². The maximum Gasteiger partial charge on any atom is 0.218 e. The van der Waals surface area contributed by atoms with Crippen molar-refractivity contribution in [1.29, 1.82) is 0 Å². The Balaban J connectivity index is 1.75. The summed E-state index contributed by atoms with van der Waals surface area (Å²) in [5.41, 5.74) is 1.13. The number of aromatic nitrogens is 3. The molecule has 0 aromatic carbocycles. The molecule has 2 atom stereocenters. The van der Waals surface area contributed by atoms with Gasteiger partial charge in [-0.3, -0.25) is 4.98 Å². The molecule has 2 aromatic rings. The monoisotopic (exact) mass is 300 g/mol. The molecule has 22 heavy (non-hydrogen) atoms. The van der Waals surface area contributed by atoms with Crippen LogP contribution in [0, 0.1) is 0 Å². The zero-order valence-electron chi connectivity index (χ0n) is 12.6. The van der Waals surface area contributed by atoms with Crippen LogP contribution in [0.15, 0.2) is 36.9 Å². The average Bonchev–Trinajstić information content (AvgIpc) is 2.57. The molecule has 0 unspecified atom stereocenters. The molecule has 3 heterocycles. The summed E-state index contributed by atoms with van der Waals surface area (Å²) < 4.78 is 11.4. The van der Waals surface area contributed by atoms with Crippen LogP contribution in [0.3, 0.4) is 0 Å². The number of nitrogens with zero attached hydrogens (tertiary/aromatic N) is 3. The molecule has 2 aromatic heterocycles. The highest BCUT2D eigenvalue weighted by atomic mass is 16.5. The van der Waals surface area contributed by atoms with Crippen molar-refractivity contribution in [2.45, 2.75) is 31.9 Å². The Morgan fingerprint density at radius 2 is 2.18 bits per heavy atom. The Morgan fingerprint density at radius 3 is 3.00 bits per heavy atom. The van der Waals surface area contributed by atoms with Crippen LogP contribution in [-0.2, 0) is 4.74 Å². The van der Waals surface area contributed by atoms with E-state index in [9.17, 15) is 0 Å². The van der Waals surface area contributed by atoms with Gasteiger partial charge in [0.05, 0.1) is 12.6 Å². The second-order valence-electron chi connectivity index (χ2n) is 5.14. The highest BCUT2D eigenvalue weighted by molar-refractivity contribution is 5.39. The fourth-order valence-corrected chi connectivity index (χ4v) is 2.65. The van der Waals surface area contributed by atoms with Gasteiger partial charge < -0.3 is 14.8 Å². The largest absolute Gasteiger partial charge is 0.478 e. The SMILES string of the molecule is CCOc1cc(N[C@H]2CCCO[C@@H]2c2ccncc2)ncn1. The van der Waals surface area contributed by atoms with Crippen molar-refractivity contribution >= 4 is 5.82 Å². The van der Waals surface area contributed by atoms with Crippen LogP contribution in [0.25, 0.3) is 0 Å².